The average molecular weight is 343 g/mol. The van der Waals surface area contributed by atoms with E-state index >= 15 is 0 Å². The van der Waals surface area contributed by atoms with Gasteiger partial charge in [0.2, 0.25) is 0 Å². The van der Waals surface area contributed by atoms with Crippen LogP contribution in [0.5, 0.6) is 0 Å². The molecule has 0 bridgehead atoms. The van der Waals surface area contributed by atoms with Gasteiger partial charge in [-0.15, -0.1) is 0 Å². The van der Waals surface area contributed by atoms with Crippen molar-refractivity contribution in [2.24, 2.45) is 0 Å². The lowest BCUT2D eigenvalue weighted by molar-refractivity contribution is -0.138. The van der Waals surface area contributed by atoms with E-state index in [1.807, 2.05) is 4.90 Å². The summed E-state index contributed by atoms with van der Waals surface area (Å²) in [5.74, 6) is -0.302. The van der Waals surface area contributed by atoms with E-state index in [1.165, 1.54) is 18.5 Å². The molecule has 130 valence electrons. The highest BCUT2D eigenvalue weighted by Gasteiger charge is 2.21. The smallest absolute Gasteiger partial charge is 0.317 e. The van der Waals surface area contributed by atoms with E-state index in [-0.39, 0.29) is 12.4 Å². The minimum Gasteiger partial charge on any atom is -0.480 e. The minimum absolute atomic E-state index is 0.0549. The highest BCUT2D eigenvalue weighted by molar-refractivity contribution is 6.11. The van der Waals surface area contributed by atoms with Gasteiger partial charge < -0.3 is 15.0 Å². The second-order valence-electron chi connectivity index (χ2n) is 6.25. The third-order valence-electron chi connectivity index (χ3n) is 4.58. The van der Waals surface area contributed by atoms with Crippen LogP contribution in [0.1, 0.15) is 6.42 Å². The largest absolute Gasteiger partial charge is 0.480 e. The topological polar surface area (TPSA) is 85.3 Å². The summed E-state index contributed by atoms with van der Waals surface area (Å²) in [6.07, 6.45) is 2.36. The van der Waals surface area contributed by atoms with Gasteiger partial charge in [0.1, 0.15) is 23.6 Å². The van der Waals surface area contributed by atoms with Crippen molar-refractivity contribution in [3.63, 3.8) is 0 Å². The minimum atomic E-state index is -0.809. The number of hydrogen-bond donors (Lipinski definition) is 2. The van der Waals surface area contributed by atoms with Gasteiger partial charge in [-0.2, -0.15) is 0 Å². The predicted octanol–water partition coefficient (Wildman–Crippen LogP) is 1.85. The van der Waals surface area contributed by atoms with Crippen molar-refractivity contribution in [3.05, 3.63) is 30.3 Å². The van der Waals surface area contributed by atoms with Crippen molar-refractivity contribution in [2.75, 3.05) is 37.6 Å². The summed E-state index contributed by atoms with van der Waals surface area (Å²) < 4.78 is 13.5. The van der Waals surface area contributed by atoms with Gasteiger partial charge in [0, 0.05) is 31.6 Å². The SMILES string of the molecule is O=C(O)CN1CCCN(c2ncnc3[nH]c4cc(F)ccc4c23)CC1. The van der Waals surface area contributed by atoms with Crippen LogP contribution < -0.4 is 4.90 Å². The van der Waals surface area contributed by atoms with Crippen LogP contribution in [0.15, 0.2) is 24.5 Å². The van der Waals surface area contributed by atoms with Gasteiger partial charge in [-0.1, -0.05) is 0 Å². The number of nitrogens with zero attached hydrogens (tertiary/aromatic N) is 4. The highest BCUT2D eigenvalue weighted by atomic mass is 19.1. The molecule has 2 aromatic heterocycles. The molecule has 8 heteroatoms. The van der Waals surface area contributed by atoms with Gasteiger partial charge in [-0.05, 0) is 24.6 Å². The van der Waals surface area contributed by atoms with E-state index in [4.69, 9.17) is 5.11 Å². The van der Waals surface area contributed by atoms with Gasteiger partial charge in [0.05, 0.1) is 17.4 Å². The number of benzene rings is 1. The average Bonchev–Trinajstić information content (AvgIpc) is 2.78. The lowest BCUT2D eigenvalue weighted by atomic mass is 10.2. The first-order valence-electron chi connectivity index (χ1n) is 8.23. The molecule has 0 saturated carbocycles. The molecule has 7 nitrogen and oxygen atoms in total. The molecular weight excluding hydrogens is 325 g/mol. The van der Waals surface area contributed by atoms with Crippen LogP contribution in [0.25, 0.3) is 21.9 Å². The molecule has 3 heterocycles. The normalized spacial score (nSPS) is 16.4. The molecule has 0 atom stereocenters. The van der Waals surface area contributed by atoms with E-state index in [1.54, 1.807) is 6.07 Å². The zero-order valence-corrected chi connectivity index (χ0v) is 13.6. The summed E-state index contributed by atoms with van der Waals surface area (Å²) in [7, 11) is 0. The van der Waals surface area contributed by atoms with Crippen molar-refractivity contribution in [2.45, 2.75) is 6.42 Å². The number of H-pyrrole nitrogens is 1. The number of aliphatic carboxylic acids is 1. The van der Waals surface area contributed by atoms with Gasteiger partial charge in [0.25, 0.3) is 0 Å². The summed E-state index contributed by atoms with van der Waals surface area (Å²) in [6.45, 7) is 2.94. The first-order valence-corrected chi connectivity index (χ1v) is 8.23. The van der Waals surface area contributed by atoms with Crippen LogP contribution in [0.2, 0.25) is 0 Å². The Labute approximate surface area is 143 Å². The molecule has 0 radical (unpaired) electrons. The number of halogens is 1. The second kappa shape index (κ2) is 6.29. The first-order chi connectivity index (χ1) is 12.1. The standard InChI is InChI=1S/C17H18FN5O2/c18-11-2-3-12-13(8-11)21-16-15(12)17(20-10-19-16)23-5-1-4-22(6-7-23)9-14(24)25/h2-3,8,10H,1,4-7,9H2,(H,24,25)(H,19,20,21). The molecule has 0 amide bonds. The zero-order chi connectivity index (χ0) is 17.4. The summed E-state index contributed by atoms with van der Waals surface area (Å²) in [6, 6.07) is 4.63. The Bertz CT molecular complexity index is 941. The Hall–Kier alpha value is -2.74. The fraction of sp³-hybridized carbons (Fsp3) is 0.353. The molecule has 1 aliphatic heterocycles. The van der Waals surface area contributed by atoms with Crippen LogP contribution in [-0.2, 0) is 4.79 Å². The number of hydrogen-bond acceptors (Lipinski definition) is 5. The maximum atomic E-state index is 13.5. The Morgan fingerprint density at radius 3 is 2.96 bits per heavy atom. The monoisotopic (exact) mass is 343 g/mol. The quantitative estimate of drug-likeness (QED) is 0.755. The third-order valence-corrected chi connectivity index (χ3v) is 4.58. The summed E-state index contributed by atoms with van der Waals surface area (Å²) in [4.78, 5) is 26.9. The van der Waals surface area contributed by atoms with E-state index in [0.29, 0.717) is 24.3 Å². The lowest BCUT2D eigenvalue weighted by Gasteiger charge is -2.22. The number of carboxylic acid groups (broad SMARTS) is 1. The maximum Gasteiger partial charge on any atom is 0.317 e. The fourth-order valence-electron chi connectivity index (χ4n) is 3.46. The number of nitrogens with one attached hydrogen (secondary N) is 1. The number of aromatic nitrogens is 3. The van der Waals surface area contributed by atoms with E-state index in [0.717, 1.165) is 36.1 Å². The van der Waals surface area contributed by atoms with Crippen molar-refractivity contribution in [3.8, 4) is 0 Å². The molecule has 0 spiro atoms. The van der Waals surface area contributed by atoms with Gasteiger partial charge in [-0.3, -0.25) is 9.69 Å². The van der Waals surface area contributed by atoms with Crippen molar-refractivity contribution in [1.29, 1.82) is 0 Å². The zero-order valence-electron chi connectivity index (χ0n) is 13.6. The number of rotatable bonds is 3. The van der Waals surface area contributed by atoms with E-state index in [2.05, 4.69) is 19.9 Å². The lowest BCUT2D eigenvalue weighted by Crippen LogP contribution is -2.34. The fourth-order valence-corrected chi connectivity index (χ4v) is 3.46. The van der Waals surface area contributed by atoms with Gasteiger partial charge >= 0.3 is 5.97 Å². The Morgan fingerprint density at radius 1 is 1.24 bits per heavy atom. The van der Waals surface area contributed by atoms with Gasteiger partial charge in [-0.25, -0.2) is 14.4 Å². The second-order valence-corrected chi connectivity index (χ2v) is 6.25. The molecular formula is C17H18FN5O2. The van der Waals surface area contributed by atoms with Gasteiger partial charge in [0.15, 0.2) is 0 Å². The Kier molecular flexibility index (Phi) is 3.96. The van der Waals surface area contributed by atoms with Crippen LogP contribution in [0.3, 0.4) is 0 Å². The van der Waals surface area contributed by atoms with Crippen LogP contribution in [0, 0.1) is 5.82 Å². The highest BCUT2D eigenvalue weighted by Crippen LogP contribution is 2.31. The van der Waals surface area contributed by atoms with E-state index in [9.17, 15) is 9.18 Å². The molecule has 3 aromatic rings. The van der Waals surface area contributed by atoms with Crippen LogP contribution in [0.4, 0.5) is 10.2 Å². The summed E-state index contributed by atoms with van der Waals surface area (Å²) >= 11 is 0. The van der Waals surface area contributed by atoms with Crippen molar-refractivity contribution >= 4 is 33.7 Å². The Balaban J connectivity index is 1.71. The summed E-state index contributed by atoms with van der Waals surface area (Å²) in [5, 5.41) is 10.8. The van der Waals surface area contributed by atoms with Crippen molar-refractivity contribution in [1.82, 2.24) is 19.9 Å². The predicted molar refractivity (Wildman–Crippen MR) is 92.3 cm³/mol. The molecule has 0 unspecified atom stereocenters. The molecule has 1 aromatic carbocycles. The first kappa shape index (κ1) is 15.8. The van der Waals surface area contributed by atoms with Crippen LogP contribution >= 0.6 is 0 Å². The molecule has 4 rings (SSSR count). The van der Waals surface area contributed by atoms with Crippen molar-refractivity contribution < 1.29 is 14.3 Å². The maximum absolute atomic E-state index is 13.5. The number of fused-ring (bicyclic) bond motifs is 3. The van der Waals surface area contributed by atoms with E-state index < -0.39 is 5.97 Å². The molecule has 0 aliphatic carbocycles. The number of anilines is 1. The number of aromatic amines is 1. The molecule has 2 N–H and O–H groups in total. The molecule has 1 saturated heterocycles. The van der Waals surface area contributed by atoms with Crippen LogP contribution in [-0.4, -0.2) is 63.7 Å². The summed E-state index contributed by atoms with van der Waals surface area (Å²) in [5.41, 5.74) is 1.37. The molecule has 1 aliphatic rings. The number of carboxylic acids is 1. The Morgan fingerprint density at radius 2 is 2.12 bits per heavy atom. The molecule has 25 heavy (non-hydrogen) atoms. The number of carbonyl (C=O) groups is 1. The molecule has 1 fully saturated rings. The third kappa shape index (κ3) is 3.00.